The first-order valence-electron chi connectivity index (χ1n) is 5.82. The van der Waals surface area contributed by atoms with Crippen molar-refractivity contribution in [1.29, 1.82) is 0 Å². The lowest BCUT2D eigenvalue weighted by Crippen LogP contribution is -2.00. The summed E-state index contributed by atoms with van der Waals surface area (Å²) >= 11 is 0. The number of hydrogen-bond donors (Lipinski definition) is 0. The SMILES string of the molecule is CCc1nc(Cn2ccc3c(F)cccc32)no1. The molecular formula is C13H12FN3O. The summed E-state index contributed by atoms with van der Waals surface area (Å²) in [6, 6.07) is 6.78. The lowest BCUT2D eigenvalue weighted by Gasteiger charge is -2.01. The van der Waals surface area contributed by atoms with Crippen LogP contribution in [0.15, 0.2) is 35.0 Å². The molecule has 18 heavy (non-hydrogen) atoms. The Labute approximate surface area is 103 Å². The van der Waals surface area contributed by atoms with Crippen LogP contribution in [-0.2, 0) is 13.0 Å². The van der Waals surface area contributed by atoms with Crippen LogP contribution >= 0.6 is 0 Å². The second-order valence-electron chi connectivity index (χ2n) is 4.07. The van der Waals surface area contributed by atoms with E-state index in [1.54, 1.807) is 12.1 Å². The van der Waals surface area contributed by atoms with Crippen molar-refractivity contribution in [2.24, 2.45) is 0 Å². The predicted octanol–water partition coefficient (Wildman–Crippen LogP) is 2.77. The van der Waals surface area contributed by atoms with Gasteiger partial charge in [0.25, 0.3) is 0 Å². The van der Waals surface area contributed by atoms with Gasteiger partial charge < -0.3 is 9.09 Å². The van der Waals surface area contributed by atoms with E-state index in [-0.39, 0.29) is 5.82 Å². The van der Waals surface area contributed by atoms with Crippen molar-refractivity contribution in [2.45, 2.75) is 19.9 Å². The summed E-state index contributed by atoms with van der Waals surface area (Å²) in [5.74, 6) is 1.01. The van der Waals surface area contributed by atoms with E-state index < -0.39 is 0 Å². The van der Waals surface area contributed by atoms with E-state index in [0.717, 1.165) is 5.52 Å². The number of aromatic nitrogens is 3. The molecule has 0 aliphatic heterocycles. The van der Waals surface area contributed by atoms with Crippen LogP contribution in [0.25, 0.3) is 10.9 Å². The van der Waals surface area contributed by atoms with Gasteiger partial charge in [-0.05, 0) is 18.2 Å². The first-order valence-corrected chi connectivity index (χ1v) is 5.82. The van der Waals surface area contributed by atoms with Crippen molar-refractivity contribution in [3.05, 3.63) is 48.0 Å². The Balaban J connectivity index is 1.97. The first kappa shape index (κ1) is 11.0. The summed E-state index contributed by atoms with van der Waals surface area (Å²) in [5.41, 5.74) is 0.831. The van der Waals surface area contributed by atoms with Gasteiger partial charge >= 0.3 is 0 Å². The van der Waals surface area contributed by atoms with E-state index in [1.807, 2.05) is 23.8 Å². The minimum Gasteiger partial charge on any atom is -0.340 e. The molecule has 0 bridgehead atoms. The highest BCUT2D eigenvalue weighted by molar-refractivity contribution is 5.80. The fourth-order valence-electron chi connectivity index (χ4n) is 1.97. The van der Waals surface area contributed by atoms with Crippen LogP contribution in [0.3, 0.4) is 0 Å². The molecule has 0 N–H and O–H groups in total. The number of benzene rings is 1. The maximum Gasteiger partial charge on any atom is 0.226 e. The molecule has 0 atom stereocenters. The van der Waals surface area contributed by atoms with E-state index in [1.165, 1.54) is 6.07 Å². The summed E-state index contributed by atoms with van der Waals surface area (Å²) < 4.78 is 20.5. The molecule has 2 heterocycles. The molecule has 0 saturated heterocycles. The van der Waals surface area contributed by atoms with Crippen molar-refractivity contribution in [3.8, 4) is 0 Å². The maximum absolute atomic E-state index is 13.5. The maximum atomic E-state index is 13.5. The molecule has 5 heteroatoms. The average molecular weight is 245 g/mol. The van der Waals surface area contributed by atoms with Crippen LogP contribution < -0.4 is 0 Å². The number of nitrogens with zero attached hydrogens (tertiary/aromatic N) is 3. The molecular weight excluding hydrogens is 233 g/mol. The van der Waals surface area contributed by atoms with Gasteiger partial charge in [0.1, 0.15) is 5.82 Å². The smallest absolute Gasteiger partial charge is 0.226 e. The van der Waals surface area contributed by atoms with Crippen LogP contribution in [-0.4, -0.2) is 14.7 Å². The fourth-order valence-corrected chi connectivity index (χ4v) is 1.97. The van der Waals surface area contributed by atoms with Gasteiger partial charge in [0, 0.05) is 18.0 Å². The average Bonchev–Trinajstić information content (AvgIpc) is 2.98. The summed E-state index contributed by atoms with van der Waals surface area (Å²) in [5, 5.41) is 4.50. The summed E-state index contributed by atoms with van der Waals surface area (Å²) in [6.45, 7) is 2.44. The molecule has 0 radical (unpaired) electrons. The standard InChI is InChI=1S/C13H12FN3O/c1-2-13-15-12(16-18-13)8-17-7-6-9-10(14)4-3-5-11(9)17/h3-7H,2,8H2,1H3. The summed E-state index contributed by atoms with van der Waals surface area (Å²) in [4.78, 5) is 4.24. The third-order valence-corrected chi connectivity index (χ3v) is 2.88. The third kappa shape index (κ3) is 1.77. The zero-order chi connectivity index (χ0) is 12.5. The van der Waals surface area contributed by atoms with Crippen molar-refractivity contribution >= 4 is 10.9 Å². The lowest BCUT2D eigenvalue weighted by atomic mass is 10.2. The quantitative estimate of drug-likeness (QED) is 0.712. The third-order valence-electron chi connectivity index (χ3n) is 2.88. The fraction of sp³-hybridized carbons (Fsp3) is 0.231. The van der Waals surface area contributed by atoms with Gasteiger partial charge in [0.05, 0.1) is 12.1 Å². The van der Waals surface area contributed by atoms with Gasteiger partial charge in [-0.1, -0.05) is 18.1 Å². The van der Waals surface area contributed by atoms with E-state index in [2.05, 4.69) is 10.1 Å². The molecule has 4 nitrogen and oxygen atoms in total. The number of hydrogen-bond acceptors (Lipinski definition) is 3. The Morgan fingerprint density at radius 3 is 3.00 bits per heavy atom. The van der Waals surface area contributed by atoms with Gasteiger partial charge in [-0.25, -0.2) is 4.39 Å². The molecule has 0 unspecified atom stereocenters. The predicted molar refractivity (Wildman–Crippen MR) is 64.7 cm³/mol. The minimum absolute atomic E-state index is 0.214. The van der Waals surface area contributed by atoms with Crippen molar-refractivity contribution in [2.75, 3.05) is 0 Å². The molecule has 0 fully saturated rings. The number of halogens is 1. The molecule has 0 amide bonds. The minimum atomic E-state index is -0.214. The van der Waals surface area contributed by atoms with E-state index >= 15 is 0 Å². The van der Waals surface area contributed by atoms with Crippen LogP contribution in [0.4, 0.5) is 4.39 Å². The zero-order valence-electron chi connectivity index (χ0n) is 9.93. The van der Waals surface area contributed by atoms with Gasteiger partial charge in [-0.15, -0.1) is 0 Å². The number of aryl methyl sites for hydroxylation is 1. The van der Waals surface area contributed by atoms with Gasteiger partial charge in [-0.3, -0.25) is 0 Å². The Morgan fingerprint density at radius 1 is 1.33 bits per heavy atom. The molecule has 92 valence electrons. The Morgan fingerprint density at radius 2 is 2.22 bits per heavy atom. The highest BCUT2D eigenvalue weighted by Crippen LogP contribution is 2.19. The Kier molecular flexibility index (Phi) is 2.59. The normalized spacial score (nSPS) is 11.2. The van der Waals surface area contributed by atoms with Gasteiger partial charge in [-0.2, -0.15) is 4.98 Å². The molecule has 2 aromatic heterocycles. The van der Waals surface area contributed by atoms with Gasteiger partial charge in [0.2, 0.25) is 5.89 Å². The molecule has 0 saturated carbocycles. The Bertz CT molecular complexity index is 686. The summed E-state index contributed by atoms with van der Waals surface area (Å²) in [6.07, 6.45) is 2.55. The molecule has 0 aliphatic rings. The van der Waals surface area contributed by atoms with E-state index in [4.69, 9.17) is 4.52 Å². The van der Waals surface area contributed by atoms with Crippen LogP contribution in [0.1, 0.15) is 18.6 Å². The zero-order valence-corrected chi connectivity index (χ0v) is 9.93. The molecule has 3 rings (SSSR count). The molecule has 1 aromatic carbocycles. The second kappa shape index (κ2) is 4.25. The van der Waals surface area contributed by atoms with Crippen LogP contribution in [0, 0.1) is 5.82 Å². The van der Waals surface area contributed by atoms with Crippen molar-refractivity contribution in [1.82, 2.24) is 14.7 Å². The number of rotatable bonds is 3. The van der Waals surface area contributed by atoms with E-state index in [0.29, 0.717) is 30.1 Å². The van der Waals surface area contributed by atoms with Gasteiger partial charge in [0.15, 0.2) is 5.82 Å². The highest BCUT2D eigenvalue weighted by atomic mass is 19.1. The lowest BCUT2D eigenvalue weighted by molar-refractivity contribution is 0.375. The largest absolute Gasteiger partial charge is 0.340 e. The van der Waals surface area contributed by atoms with Crippen molar-refractivity contribution < 1.29 is 8.91 Å². The van der Waals surface area contributed by atoms with Crippen LogP contribution in [0.5, 0.6) is 0 Å². The molecule has 0 aliphatic carbocycles. The summed E-state index contributed by atoms with van der Waals surface area (Å²) in [7, 11) is 0. The Hall–Kier alpha value is -2.17. The molecule has 3 aromatic rings. The topological polar surface area (TPSA) is 43.9 Å². The number of fused-ring (bicyclic) bond motifs is 1. The van der Waals surface area contributed by atoms with Crippen molar-refractivity contribution in [3.63, 3.8) is 0 Å². The monoisotopic (exact) mass is 245 g/mol. The first-order chi connectivity index (χ1) is 8.78. The van der Waals surface area contributed by atoms with E-state index in [9.17, 15) is 4.39 Å². The van der Waals surface area contributed by atoms with Crippen LogP contribution in [0.2, 0.25) is 0 Å². The second-order valence-corrected chi connectivity index (χ2v) is 4.07. The highest BCUT2D eigenvalue weighted by Gasteiger charge is 2.09. The molecule has 0 spiro atoms.